The summed E-state index contributed by atoms with van der Waals surface area (Å²) >= 11 is 0. The minimum absolute atomic E-state index is 0.235. The number of hydrogen-bond donors (Lipinski definition) is 1. The standard InChI is InChI=1S/C32H32N4O3/c1-20(2)14-16-35-17-25-29(22-10-12-24(13-11-22)39-19-23-7-4-5-15-33-23)31-27(18-36(21(3)37)32(31)38)34-26-8-6-9-28(35)30(25)26/h4-13,15,17,20,29,34H,14,16,18-19H2,1-3H3/t29-/m1/s1. The maximum Gasteiger partial charge on any atom is 0.259 e. The van der Waals surface area contributed by atoms with Crippen LogP contribution in [-0.4, -0.2) is 32.8 Å². The van der Waals surface area contributed by atoms with Crippen LogP contribution in [0.1, 0.15) is 49.9 Å². The minimum atomic E-state index is -0.319. The number of pyridine rings is 1. The molecule has 0 saturated carbocycles. The normalized spacial score (nSPS) is 16.5. The van der Waals surface area contributed by atoms with Gasteiger partial charge in [0.15, 0.2) is 0 Å². The molecule has 1 atom stereocenters. The van der Waals surface area contributed by atoms with E-state index in [1.54, 1.807) is 6.20 Å². The Bertz CT molecular complexity index is 1590. The van der Waals surface area contributed by atoms with Crippen molar-refractivity contribution in [2.24, 2.45) is 5.92 Å². The van der Waals surface area contributed by atoms with Crippen molar-refractivity contribution in [3.63, 3.8) is 0 Å². The maximum atomic E-state index is 13.7. The molecule has 198 valence electrons. The van der Waals surface area contributed by atoms with Crippen molar-refractivity contribution in [1.29, 1.82) is 0 Å². The van der Waals surface area contributed by atoms with E-state index in [4.69, 9.17) is 4.74 Å². The molecule has 0 unspecified atom stereocenters. The number of aryl methyl sites for hydroxylation is 1. The van der Waals surface area contributed by atoms with E-state index in [2.05, 4.69) is 47.0 Å². The highest BCUT2D eigenvalue weighted by molar-refractivity contribution is 6.11. The lowest BCUT2D eigenvalue weighted by Gasteiger charge is -2.20. The fourth-order valence-electron chi connectivity index (χ4n) is 5.60. The molecule has 4 heterocycles. The van der Waals surface area contributed by atoms with Crippen molar-refractivity contribution in [3.8, 4) is 5.75 Å². The highest BCUT2D eigenvalue weighted by atomic mass is 16.5. The molecule has 1 N–H and O–H groups in total. The summed E-state index contributed by atoms with van der Waals surface area (Å²) < 4.78 is 8.28. The first-order valence-corrected chi connectivity index (χ1v) is 13.5. The van der Waals surface area contributed by atoms with E-state index in [1.165, 1.54) is 11.8 Å². The van der Waals surface area contributed by atoms with Gasteiger partial charge >= 0.3 is 0 Å². The summed E-state index contributed by atoms with van der Waals surface area (Å²) in [6.45, 7) is 7.42. The van der Waals surface area contributed by atoms with E-state index >= 15 is 0 Å². The monoisotopic (exact) mass is 520 g/mol. The van der Waals surface area contributed by atoms with Crippen LogP contribution in [0.3, 0.4) is 0 Å². The van der Waals surface area contributed by atoms with E-state index < -0.39 is 0 Å². The van der Waals surface area contributed by atoms with Gasteiger partial charge in [-0.15, -0.1) is 0 Å². The van der Waals surface area contributed by atoms with Crippen molar-refractivity contribution in [3.05, 3.63) is 101 Å². The molecule has 7 heteroatoms. The molecule has 0 fully saturated rings. The molecule has 0 radical (unpaired) electrons. The lowest BCUT2D eigenvalue weighted by Crippen LogP contribution is -2.33. The van der Waals surface area contributed by atoms with Crippen LogP contribution in [0.2, 0.25) is 0 Å². The SMILES string of the molecule is CC(=O)N1CC2=C(C1=O)[C@H](c1ccc(OCc3ccccn3)cc1)c1cn(CCC(C)C)c3cccc(c13)N2. The Morgan fingerprint density at radius 2 is 1.92 bits per heavy atom. The van der Waals surface area contributed by atoms with E-state index in [1.807, 2.05) is 48.5 Å². The average molecular weight is 521 g/mol. The second-order valence-corrected chi connectivity index (χ2v) is 10.7. The Hall–Kier alpha value is -4.39. The number of carbonyl (C=O) groups is 2. The molecule has 0 spiro atoms. The van der Waals surface area contributed by atoms with Crippen LogP contribution in [0, 0.1) is 5.92 Å². The van der Waals surface area contributed by atoms with Gasteiger partial charge in [-0.2, -0.15) is 0 Å². The van der Waals surface area contributed by atoms with Crippen molar-refractivity contribution in [2.75, 3.05) is 11.9 Å². The van der Waals surface area contributed by atoms with Crippen LogP contribution < -0.4 is 10.1 Å². The van der Waals surface area contributed by atoms with Gasteiger partial charge in [0.2, 0.25) is 5.91 Å². The molecule has 2 aliphatic heterocycles. The van der Waals surface area contributed by atoms with E-state index in [-0.39, 0.29) is 24.3 Å². The number of aromatic nitrogens is 2. The largest absolute Gasteiger partial charge is 0.487 e. The zero-order valence-corrected chi connectivity index (χ0v) is 22.5. The maximum absolute atomic E-state index is 13.7. The van der Waals surface area contributed by atoms with Crippen molar-refractivity contribution in [1.82, 2.24) is 14.5 Å². The zero-order valence-electron chi connectivity index (χ0n) is 22.5. The van der Waals surface area contributed by atoms with E-state index in [0.717, 1.165) is 57.8 Å². The molecule has 2 aromatic carbocycles. The number of imide groups is 1. The number of ether oxygens (including phenoxy) is 1. The first-order valence-electron chi connectivity index (χ1n) is 13.5. The van der Waals surface area contributed by atoms with Gasteiger partial charge in [-0.05, 0) is 59.9 Å². The molecule has 0 bridgehead atoms. The highest BCUT2D eigenvalue weighted by Gasteiger charge is 2.41. The smallest absolute Gasteiger partial charge is 0.259 e. The molecule has 2 amide bonds. The lowest BCUT2D eigenvalue weighted by molar-refractivity contribution is -0.139. The van der Waals surface area contributed by atoms with Gasteiger partial charge in [0.1, 0.15) is 12.4 Å². The molecule has 0 saturated heterocycles. The van der Waals surface area contributed by atoms with Crippen LogP contribution in [0.15, 0.2) is 84.3 Å². The number of carbonyl (C=O) groups excluding carboxylic acids is 2. The van der Waals surface area contributed by atoms with Crippen molar-refractivity contribution < 1.29 is 14.3 Å². The summed E-state index contributed by atoms with van der Waals surface area (Å²) in [6.07, 6.45) is 5.01. The Morgan fingerprint density at radius 3 is 2.64 bits per heavy atom. The average Bonchev–Trinajstić information content (AvgIpc) is 3.42. The Labute approximate surface area is 228 Å². The van der Waals surface area contributed by atoms with Crippen LogP contribution in [-0.2, 0) is 22.7 Å². The van der Waals surface area contributed by atoms with Gasteiger partial charge in [0.25, 0.3) is 5.91 Å². The van der Waals surface area contributed by atoms with Crippen LogP contribution in [0.25, 0.3) is 10.9 Å². The Balaban J connectivity index is 1.43. The van der Waals surface area contributed by atoms with Gasteiger partial charge in [-0.3, -0.25) is 19.5 Å². The van der Waals surface area contributed by atoms with Gasteiger partial charge in [0, 0.05) is 48.6 Å². The van der Waals surface area contributed by atoms with Crippen LogP contribution >= 0.6 is 0 Å². The molecule has 2 aliphatic rings. The first kappa shape index (κ1) is 24.9. The second-order valence-electron chi connectivity index (χ2n) is 10.7. The highest BCUT2D eigenvalue weighted by Crippen LogP contribution is 2.46. The minimum Gasteiger partial charge on any atom is -0.487 e. The lowest BCUT2D eigenvalue weighted by atomic mass is 9.84. The quantitative estimate of drug-likeness (QED) is 0.330. The number of nitrogens with one attached hydrogen (secondary N) is 1. The van der Waals surface area contributed by atoms with Gasteiger partial charge in [-0.1, -0.05) is 38.1 Å². The zero-order chi connectivity index (χ0) is 27.1. The number of benzene rings is 2. The van der Waals surface area contributed by atoms with Gasteiger partial charge < -0.3 is 14.6 Å². The predicted molar refractivity (Wildman–Crippen MR) is 151 cm³/mol. The third-order valence-electron chi connectivity index (χ3n) is 7.59. The fourth-order valence-corrected chi connectivity index (χ4v) is 5.60. The first-order chi connectivity index (χ1) is 18.9. The number of nitrogens with zero attached hydrogens (tertiary/aromatic N) is 3. The van der Waals surface area contributed by atoms with E-state index in [0.29, 0.717) is 18.1 Å². The summed E-state index contributed by atoms with van der Waals surface area (Å²) in [5.74, 6) is 0.500. The third kappa shape index (κ3) is 4.58. The van der Waals surface area contributed by atoms with Crippen LogP contribution in [0.4, 0.5) is 5.69 Å². The summed E-state index contributed by atoms with van der Waals surface area (Å²) in [5.41, 5.74) is 6.44. The fraction of sp³-hybridized carbons (Fsp3) is 0.281. The molecule has 6 rings (SSSR count). The van der Waals surface area contributed by atoms with Gasteiger partial charge in [-0.25, -0.2) is 0 Å². The van der Waals surface area contributed by atoms with Crippen molar-refractivity contribution in [2.45, 2.75) is 46.3 Å². The summed E-state index contributed by atoms with van der Waals surface area (Å²) in [4.78, 5) is 31.7. The van der Waals surface area contributed by atoms with Crippen molar-refractivity contribution >= 4 is 28.4 Å². The molecular formula is C32H32N4O3. The molecule has 2 aromatic heterocycles. The number of hydrogen-bond acceptors (Lipinski definition) is 5. The predicted octanol–water partition coefficient (Wildman–Crippen LogP) is 5.86. The number of anilines is 1. The number of rotatable bonds is 7. The summed E-state index contributed by atoms with van der Waals surface area (Å²) in [5, 5.41) is 4.67. The molecular weight excluding hydrogens is 488 g/mol. The molecule has 4 aromatic rings. The van der Waals surface area contributed by atoms with Gasteiger partial charge in [0.05, 0.1) is 23.3 Å². The molecule has 7 nitrogen and oxygen atoms in total. The molecule has 0 aliphatic carbocycles. The topological polar surface area (TPSA) is 76.5 Å². The Kier molecular flexibility index (Phi) is 6.43. The summed E-state index contributed by atoms with van der Waals surface area (Å²) in [6, 6.07) is 19.9. The third-order valence-corrected chi connectivity index (χ3v) is 7.59. The Morgan fingerprint density at radius 1 is 1.10 bits per heavy atom. The summed E-state index contributed by atoms with van der Waals surface area (Å²) in [7, 11) is 0. The number of amides is 2. The second kappa shape index (κ2) is 10.1. The molecule has 39 heavy (non-hydrogen) atoms. The van der Waals surface area contributed by atoms with E-state index in [9.17, 15) is 9.59 Å². The van der Waals surface area contributed by atoms with Crippen LogP contribution in [0.5, 0.6) is 5.75 Å².